The summed E-state index contributed by atoms with van der Waals surface area (Å²) in [5.41, 5.74) is 1.03. The molecule has 1 aliphatic heterocycles. The van der Waals surface area contributed by atoms with Gasteiger partial charge in [0.05, 0.1) is 10.9 Å². The Morgan fingerprint density at radius 3 is 2.05 bits per heavy atom. The Morgan fingerprint density at radius 2 is 1.41 bits per heavy atom. The number of ether oxygens (including phenoxy) is 6. The highest BCUT2D eigenvalue weighted by atomic mass is 16.7. The van der Waals surface area contributed by atoms with Crippen LogP contribution in [-0.2, 0) is 42.9 Å². The summed E-state index contributed by atoms with van der Waals surface area (Å²) in [5.74, 6) is -2.77. The van der Waals surface area contributed by atoms with Gasteiger partial charge in [-0.15, -0.1) is 0 Å². The minimum Gasteiger partial charge on any atom is -0.463 e. The molecule has 12 heteroatoms. The van der Waals surface area contributed by atoms with Crippen LogP contribution in [0.1, 0.15) is 27.7 Å². The van der Waals surface area contributed by atoms with E-state index in [9.17, 15) is 24.0 Å². The second-order valence-corrected chi connectivity index (χ2v) is 9.19. The summed E-state index contributed by atoms with van der Waals surface area (Å²) >= 11 is 0. The Hall–Kier alpha value is -4.71. The second-order valence-electron chi connectivity index (χ2n) is 9.19. The lowest BCUT2D eigenvalue weighted by Gasteiger charge is -2.43. The highest BCUT2D eigenvalue weighted by molar-refractivity contribution is 5.82. The molecule has 0 radical (unpaired) electrons. The monoisotopic (exact) mass is 568 g/mol. The standard InChI is InChI=1S/C29H28O12/c1-15(30)35-14-24-26(37-16(2)31)27(38-17(3)32)28(39-18(4)33)29(41-24)40-20-10-11-21-23(12-20)36-13-22(25(21)34)19-8-6-5-7-9-19/h5-13,24,26-29H,14H2,1-4H3/t24-,26+,27-,28-,29+/m0/s1. The van der Waals surface area contributed by atoms with Crippen LogP contribution in [0, 0.1) is 0 Å². The molecule has 0 bridgehead atoms. The van der Waals surface area contributed by atoms with E-state index in [-0.39, 0.29) is 16.8 Å². The normalized spacial score (nSPS) is 21.9. The third-order valence-corrected chi connectivity index (χ3v) is 6.03. The van der Waals surface area contributed by atoms with Crippen LogP contribution >= 0.6 is 0 Å². The van der Waals surface area contributed by atoms with Gasteiger partial charge in [0.2, 0.25) is 12.4 Å². The van der Waals surface area contributed by atoms with Gasteiger partial charge in [-0.3, -0.25) is 24.0 Å². The molecule has 1 aromatic heterocycles. The zero-order chi connectivity index (χ0) is 29.7. The smallest absolute Gasteiger partial charge is 0.303 e. The van der Waals surface area contributed by atoms with Gasteiger partial charge >= 0.3 is 23.9 Å². The third-order valence-electron chi connectivity index (χ3n) is 6.03. The number of carbonyl (C=O) groups excluding carboxylic acids is 4. The molecule has 0 aliphatic carbocycles. The van der Waals surface area contributed by atoms with E-state index in [2.05, 4.69) is 0 Å². The van der Waals surface area contributed by atoms with Crippen molar-refractivity contribution >= 4 is 34.8 Å². The van der Waals surface area contributed by atoms with Crippen molar-refractivity contribution in [2.45, 2.75) is 58.4 Å². The molecule has 1 fully saturated rings. The zero-order valence-electron chi connectivity index (χ0n) is 22.7. The Bertz CT molecular complexity index is 1490. The Balaban J connectivity index is 1.70. The summed E-state index contributed by atoms with van der Waals surface area (Å²) < 4.78 is 38.9. The summed E-state index contributed by atoms with van der Waals surface area (Å²) in [6, 6.07) is 13.5. The second kappa shape index (κ2) is 12.6. The first-order valence-corrected chi connectivity index (χ1v) is 12.6. The number of esters is 4. The van der Waals surface area contributed by atoms with Crippen LogP contribution in [0.5, 0.6) is 5.75 Å². The van der Waals surface area contributed by atoms with Crippen molar-refractivity contribution < 1.29 is 52.0 Å². The minimum absolute atomic E-state index is 0.147. The summed E-state index contributed by atoms with van der Waals surface area (Å²) in [6.45, 7) is 4.16. The maximum atomic E-state index is 13.1. The molecule has 0 amide bonds. The first kappa shape index (κ1) is 29.3. The van der Waals surface area contributed by atoms with Crippen LogP contribution in [0.4, 0.5) is 0 Å². The molecule has 216 valence electrons. The molecule has 2 heterocycles. The van der Waals surface area contributed by atoms with Gasteiger partial charge in [-0.05, 0) is 17.7 Å². The van der Waals surface area contributed by atoms with Crippen LogP contribution in [0.2, 0.25) is 0 Å². The quantitative estimate of drug-likeness (QED) is 0.290. The van der Waals surface area contributed by atoms with E-state index >= 15 is 0 Å². The molecule has 5 atom stereocenters. The minimum atomic E-state index is -1.43. The molecule has 0 N–H and O–H groups in total. The number of benzene rings is 2. The van der Waals surface area contributed by atoms with Crippen LogP contribution in [0.25, 0.3) is 22.1 Å². The van der Waals surface area contributed by atoms with E-state index in [1.807, 2.05) is 18.2 Å². The SMILES string of the molecule is CC(=O)OC[C@@H]1O[C@@H](Oc2ccc3c(=O)c(-c4ccccc4)coc3c2)[C@@H](OC(C)=O)[C@@H](OC(C)=O)[C@@H]1OC(C)=O. The van der Waals surface area contributed by atoms with Gasteiger partial charge in [-0.25, -0.2) is 0 Å². The third kappa shape index (κ3) is 7.09. The van der Waals surface area contributed by atoms with E-state index in [0.717, 1.165) is 20.8 Å². The van der Waals surface area contributed by atoms with E-state index < -0.39 is 61.2 Å². The van der Waals surface area contributed by atoms with Crippen molar-refractivity contribution in [1.29, 1.82) is 0 Å². The van der Waals surface area contributed by atoms with Gasteiger partial charge in [0.1, 0.15) is 30.3 Å². The van der Waals surface area contributed by atoms with Crippen molar-refractivity contribution in [3.63, 3.8) is 0 Å². The first-order chi connectivity index (χ1) is 19.5. The van der Waals surface area contributed by atoms with Crippen molar-refractivity contribution in [2.24, 2.45) is 0 Å². The molecule has 1 aliphatic rings. The summed E-state index contributed by atoms with van der Waals surface area (Å²) in [6.07, 6.45) is -5.35. The molecule has 41 heavy (non-hydrogen) atoms. The van der Waals surface area contributed by atoms with Crippen LogP contribution in [0.15, 0.2) is 64.0 Å². The fraction of sp³-hybridized carbons (Fsp3) is 0.345. The van der Waals surface area contributed by atoms with E-state index in [1.165, 1.54) is 31.4 Å². The molecule has 0 spiro atoms. The highest BCUT2D eigenvalue weighted by Gasteiger charge is 2.53. The number of fused-ring (bicyclic) bond motifs is 1. The topological polar surface area (TPSA) is 154 Å². The maximum Gasteiger partial charge on any atom is 0.303 e. The average molecular weight is 569 g/mol. The van der Waals surface area contributed by atoms with Gasteiger partial charge < -0.3 is 32.8 Å². The summed E-state index contributed by atoms with van der Waals surface area (Å²) in [4.78, 5) is 60.6. The Kier molecular flexibility index (Phi) is 9.03. The Labute approximate surface area is 234 Å². The van der Waals surface area contributed by atoms with Gasteiger partial charge in [-0.2, -0.15) is 0 Å². The lowest BCUT2D eigenvalue weighted by Crippen LogP contribution is -2.63. The highest BCUT2D eigenvalue weighted by Crippen LogP contribution is 2.32. The number of hydrogen-bond donors (Lipinski definition) is 0. The van der Waals surface area contributed by atoms with E-state index in [1.54, 1.807) is 12.1 Å². The summed E-state index contributed by atoms with van der Waals surface area (Å²) in [5, 5.41) is 0.292. The first-order valence-electron chi connectivity index (χ1n) is 12.6. The summed E-state index contributed by atoms with van der Waals surface area (Å²) in [7, 11) is 0. The van der Waals surface area contributed by atoms with Crippen molar-refractivity contribution in [3.8, 4) is 16.9 Å². The molecule has 4 rings (SSSR count). The molecule has 12 nitrogen and oxygen atoms in total. The lowest BCUT2D eigenvalue weighted by molar-refractivity contribution is -0.288. The van der Waals surface area contributed by atoms with Gasteiger partial charge in [-0.1, -0.05) is 30.3 Å². The van der Waals surface area contributed by atoms with Crippen molar-refractivity contribution in [3.05, 3.63) is 65.0 Å². The predicted molar refractivity (Wildman–Crippen MR) is 141 cm³/mol. The number of carbonyl (C=O) groups is 4. The van der Waals surface area contributed by atoms with Gasteiger partial charge in [0, 0.05) is 33.8 Å². The van der Waals surface area contributed by atoms with Crippen LogP contribution < -0.4 is 10.2 Å². The zero-order valence-corrected chi connectivity index (χ0v) is 22.7. The fourth-order valence-corrected chi connectivity index (χ4v) is 4.42. The van der Waals surface area contributed by atoms with Crippen molar-refractivity contribution in [1.82, 2.24) is 0 Å². The molecule has 1 saturated heterocycles. The molecule has 0 unspecified atom stereocenters. The largest absolute Gasteiger partial charge is 0.463 e. The van der Waals surface area contributed by atoms with Crippen molar-refractivity contribution in [2.75, 3.05) is 6.61 Å². The van der Waals surface area contributed by atoms with E-state index in [4.69, 9.17) is 32.8 Å². The number of hydrogen-bond acceptors (Lipinski definition) is 12. The van der Waals surface area contributed by atoms with E-state index in [0.29, 0.717) is 16.5 Å². The maximum absolute atomic E-state index is 13.1. The van der Waals surface area contributed by atoms with Crippen LogP contribution in [0.3, 0.4) is 0 Å². The molecular formula is C29H28O12. The number of rotatable bonds is 8. The Morgan fingerprint density at radius 1 is 0.780 bits per heavy atom. The molecule has 3 aromatic rings. The van der Waals surface area contributed by atoms with Crippen LogP contribution in [-0.4, -0.2) is 61.2 Å². The average Bonchev–Trinajstić information content (AvgIpc) is 2.91. The molecular weight excluding hydrogens is 540 g/mol. The molecule has 0 saturated carbocycles. The lowest BCUT2D eigenvalue weighted by atomic mass is 9.98. The molecule has 2 aromatic carbocycles. The van der Waals surface area contributed by atoms with Gasteiger partial charge in [0.25, 0.3) is 0 Å². The fourth-order valence-electron chi connectivity index (χ4n) is 4.42. The van der Waals surface area contributed by atoms with Gasteiger partial charge in [0.15, 0.2) is 17.6 Å². The predicted octanol–water partition coefficient (Wildman–Crippen LogP) is 2.92.